The van der Waals surface area contributed by atoms with Gasteiger partial charge in [-0.2, -0.15) is 0 Å². The van der Waals surface area contributed by atoms with Gasteiger partial charge in [-0.25, -0.2) is 0 Å². The number of ether oxygens (including phenoxy) is 2. The molecule has 2 aromatic carbocycles. The summed E-state index contributed by atoms with van der Waals surface area (Å²) < 4.78 is 11.0. The third-order valence-electron chi connectivity index (χ3n) is 6.41. The van der Waals surface area contributed by atoms with Crippen LogP contribution in [-0.4, -0.2) is 67.6 Å². The Bertz CT molecular complexity index is 1090. The molecule has 1 N–H and O–H groups in total. The molecule has 0 aliphatic carbocycles. The van der Waals surface area contributed by atoms with Crippen LogP contribution in [0.5, 0.6) is 11.5 Å². The highest BCUT2D eigenvalue weighted by Crippen LogP contribution is 2.38. The molecule has 0 unspecified atom stereocenters. The number of rotatable bonds is 7. The van der Waals surface area contributed by atoms with Crippen LogP contribution in [0, 0.1) is 0 Å². The molecule has 4 rings (SSSR count). The largest absolute Gasteiger partial charge is 0.493 e. The van der Waals surface area contributed by atoms with E-state index in [0.717, 1.165) is 54.8 Å². The SMILES string of the molecule is CCN1CCN(C(=O)C[C@H](c2ccc(OC)c(OC)c2)c2c[nH]c3ccc(Cl)cc23)CC1. The molecule has 0 spiro atoms. The molecule has 1 aliphatic rings. The number of carbonyl (C=O) groups excluding carboxylic acids is 1. The summed E-state index contributed by atoms with van der Waals surface area (Å²) in [5, 5.41) is 1.70. The number of halogens is 1. The first-order chi connectivity index (χ1) is 15.5. The lowest BCUT2D eigenvalue weighted by Crippen LogP contribution is -2.48. The number of methoxy groups -OCH3 is 2. The van der Waals surface area contributed by atoms with E-state index in [9.17, 15) is 4.79 Å². The average Bonchev–Trinajstić information content (AvgIpc) is 3.24. The zero-order valence-corrected chi connectivity index (χ0v) is 19.6. The zero-order valence-electron chi connectivity index (χ0n) is 18.9. The number of benzene rings is 2. The van der Waals surface area contributed by atoms with Crippen molar-refractivity contribution in [3.8, 4) is 11.5 Å². The maximum absolute atomic E-state index is 13.4. The summed E-state index contributed by atoms with van der Waals surface area (Å²) in [5.41, 5.74) is 3.05. The van der Waals surface area contributed by atoms with Gasteiger partial charge >= 0.3 is 0 Å². The summed E-state index contributed by atoms with van der Waals surface area (Å²) in [7, 11) is 3.25. The van der Waals surface area contributed by atoms with E-state index < -0.39 is 0 Å². The molecule has 2 heterocycles. The van der Waals surface area contributed by atoms with Crippen LogP contribution in [0.4, 0.5) is 0 Å². The summed E-state index contributed by atoms with van der Waals surface area (Å²) in [5.74, 6) is 1.34. The molecule has 1 amide bonds. The van der Waals surface area contributed by atoms with Gasteiger partial charge in [0.2, 0.25) is 5.91 Å². The van der Waals surface area contributed by atoms with Gasteiger partial charge in [0.05, 0.1) is 14.2 Å². The molecule has 7 heteroatoms. The standard InChI is InChI=1S/C25H30ClN3O3/c1-4-28-9-11-29(12-10-28)25(30)15-19(17-5-8-23(31-2)24(13-17)32-3)21-16-27-22-7-6-18(26)14-20(21)22/h5-8,13-14,16,19,27H,4,9-12,15H2,1-3H3/t19-/m1/s1. The van der Waals surface area contributed by atoms with Gasteiger partial charge in [-0.05, 0) is 48.0 Å². The van der Waals surface area contributed by atoms with E-state index >= 15 is 0 Å². The summed E-state index contributed by atoms with van der Waals surface area (Å²) in [4.78, 5) is 21.1. The third-order valence-corrected chi connectivity index (χ3v) is 6.65. The van der Waals surface area contributed by atoms with Crippen molar-refractivity contribution in [2.24, 2.45) is 0 Å². The van der Waals surface area contributed by atoms with E-state index in [1.54, 1.807) is 14.2 Å². The molecule has 170 valence electrons. The number of piperazine rings is 1. The van der Waals surface area contributed by atoms with E-state index in [1.165, 1.54) is 0 Å². The maximum atomic E-state index is 13.4. The molecule has 32 heavy (non-hydrogen) atoms. The number of amides is 1. The second kappa shape index (κ2) is 9.84. The van der Waals surface area contributed by atoms with Crippen LogP contribution in [0.3, 0.4) is 0 Å². The van der Waals surface area contributed by atoms with E-state index in [-0.39, 0.29) is 11.8 Å². The number of likely N-dealkylation sites (N-methyl/N-ethyl adjacent to an activating group) is 1. The Balaban J connectivity index is 1.70. The molecule has 1 atom stereocenters. The van der Waals surface area contributed by atoms with Crippen LogP contribution in [-0.2, 0) is 4.79 Å². The first-order valence-corrected chi connectivity index (χ1v) is 11.4. The minimum atomic E-state index is -0.140. The average molecular weight is 456 g/mol. The van der Waals surface area contributed by atoms with Crippen LogP contribution >= 0.6 is 11.6 Å². The number of aromatic amines is 1. The number of hydrogen-bond acceptors (Lipinski definition) is 4. The van der Waals surface area contributed by atoms with Crippen molar-refractivity contribution in [1.29, 1.82) is 0 Å². The molecule has 1 aliphatic heterocycles. The smallest absolute Gasteiger partial charge is 0.223 e. The van der Waals surface area contributed by atoms with E-state index in [0.29, 0.717) is 22.9 Å². The normalized spacial score (nSPS) is 15.7. The van der Waals surface area contributed by atoms with Gasteiger partial charge in [-0.3, -0.25) is 4.79 Å². The van der Waals surface area contributed by atoms with E-state index in [2.05, 4.69) is 16.8 Å². The summed E-state index contributed by atoms with van der Waals surface area (Å²) in [6.07, 6.45) is 2.37. The fourth-order valence-electron chi connectivity index (χ4n) is 4.50. The van der Waals surface area contributed by atoms with Gasteiger partial charge in [0, 0.05) is 60.6 Å². The quantitative estimate of drug-likeness (QED) is 0.569. The molecule has 1 aromatic heterocycles. The molecule has 0 bridgehead atoms. The molecular formula is C25H30ClN3O3. The molecule has 0 radical (unpaired) electrons. The Morgan fingerprint density at radius 1 is 1.06 bits per heavy atom. The van der Waals surface area contributed by atoms with Crippen molar-refractivity contribution < 1.29 is 14.3 Å². The van der Waals surface area contributed by atoms with E-state index in [1.807, 2.05) is 47.5 Å². The highest BCUT2D eigenvalue weighted by Gasteiger charge is 2.27. The number of hydrogen-bond donors (Lipinski definition) is 1. The molecule has 1 fully saturated rings. The van der Waals surface area contributed by atoms with Gasteiger partial charge < -0.3 is 24.3 Å². The van der Waals surface area contributed by atoms with Gasteiger partial charge in [0.1, 0.15) is 0 Å². The van der Waals surface area contributed by atoms with E-state index in [4.69, 9.17) is 21.1 Å². The first-order valence-electron chi connectivity index (χ1n) is 11.0. The predicted molar refractivity (Wildman–Crippen MR) is 128 cm³/mol. The molecule has 6 nitrogen and oxygen atoms in total. The minimum Gasteiger partial charge on any atom is -0.493 e. The molecule has 0 saturated carbocycles. The lowest BCUT2D eigenvalue weighted by atomic mass is 9.87. The Kier molecular flexibility index (Phi) is 6.92. The van der Waals surface area contributed by atoms with Gasteiger partial charge in [-0.1, -0.05) is 24.6 Å². The van der Waals surface area contributed by atoms with Crippen LogP contribution in [0.2, 0.25) is 5.02 Å². The van der Waals surface area contributed by atoms with Crippen molar-refractivity contribution in [1.82, 2.24) is 14.8 Å². The zero-order chi connectivity index (χ0) is 22.7. The van der Waals surface area contributed by atoms with Crippen LogP contribution < -0.4 is 9.47 Å². The van der Waals surface area contributed by atoms with Crippen LogP contribution in [0.15, 0.2) is 42.6 Å². The minimum absolute atomic E-state index is 0.140. The summed E-state index contributed by atoms with van der Waals surface area (Å²) >= 11 is 6.31. The lowest BCUT2D eigenvalue weighted by Gasteiger charge is -2.35. The van der Waals surface area contributed by atoms with Gasteiger partial charge in [-0.15, -0.1) is 0 Å². The van der Waals surface area contributed by atoms with Crippen molar-refractivity contribution in [2.45, 2.75) is 19.3 Å². The number of nitrogens with zero attached hydrogens (tertiary/aromatic N) is 2. The first kappa shape index (κ1) is 22.5. The van der Waals surface area contributed by atoms with Gasteiger partial charge in [0.25, 0.3) is 0 Å². The summed E-state index contributed by atoms with van der Waals surface area (Å²) in [6.45, 7) is 6.56. The molecular weight excluding hydrogens is 426 g/mol. The van der Waals surface area contributed by atoms with Crippen LogP contribution in [0.25, 0.3) is 10.9 Å². The maximum Gasteiger partial charge on any atom is 0.223 e. The Morgan fingerprint density at radius 3 is 2.50 bits per heavy atom. The lowest BCUT2D eigenvalue weighted by molar-refractivity contribution is -0.133. The highest BCUT2D eigenvalue weighted by molar-refractivity contribution is 6.31. The van der Waals surface area contributed by atoms with Crippen molar-refractivity contribution >= 4 is 28.4 Å². The van der Waals surface area contributed by atoms with Crippen molar-refractivity contribution in [3.63, 3.8) is 0 Å². The second-order valence-electron chi connectivity index (χ2n) is 8.12. The van der Waals surface area contributed by atoms with Gasteiger partial charge in [0.15, 0.2) is 11.5 Å². The second-order valence-corrected chi connectivity index (χ2v) is 8.56. The highest BCUT2D eigenvalue weighted by atomic mass is 35.5. The Labute approximate surface area is 194 Å². The molecule has 3 aromatic rings. The fraction of sp³-hybridized carbons (Fsp3) is 0.400. The fourth-order valence-corrected chi connectivity index (χ4v) is 4.67. The number of fused-ring (bicyclic) bond motifs is 1. The topological polar surface area (TPSA) is 57.8 Å². The summed E-state index contributed by atoms with van der Waals surface area (Å²) in [6, 6.07) is 11.7. The predicted octanol–water partition coefficient (Wildman–Crippen LogP) is 4.52. The monoisotopic (exact) mass is 455 g/mol. The van der Waals surface area contributed by atoms with Crippen molar-refractivity contribution in [2.75, 3.05) is 46.9 Å². The third kappa shape index (κ3) is 4.57. The van der Waals surface area contributed by atoms with Crippen LogP contribution in [0.1, 0.15) is 30.4 Å². The Morgan fingerprint density at radius 2 is 1.81 bits per heavy atom. The number of carbonyl (C=O) groups is 1. The molecule has 1 saturated heterocycles. The number of nitrogens with one attached hydrogen (secondary N) is 1. The number of H-pyrrole nitrogens is 1. The van der Waals surface area contributed by atoms with Crippen molar-refractivity contribution in [3.05, 3.63) is 58.7 Å². The Hall–Kier alpha value is -2.70. The number of aromatic nitrogens is 1.